The summed E-state index contributed by atoms with van der Waals surface area (Å²) in [6, 6.07) is 12.6. The Morgan fingerprint density at radius 2 is 1.72 bits per heavy atom. The largest absolute Gasteiger partial charge is 0.454 e. The number of benzene rings is 2. The predicted octanol–water partition coefficient (Wildman–Crippen LogP) is 2.57. The topological polar surface area (TPSA) is 80.8 Å². The van der Waals surface area contributed by atoms with Crippen molar-refractivity contribution in [3.05, 3.63) is 59.7 Å². The Morgan fingerprint density at radius 1 is 1.08 bits per heavy atom. The zero-order chi connectivity index (χ0) is 18.6. The Hall–Kier alpha value is -2.67. The first-order valence-corrected chi connectivity index (χ1v) is 8.98. The fourth-order valence-electron chi connectivity index (χ4n) is 2.09. The van der Waals surface area contributed by atoms with Crippen molar-refractivity contribution in [1.82, 2.24) is 0 Å². The highest BCUT2D eigenvalue weighted by Gasteiger charge is 2.22. The van der Waals surface area contributed by atoms with E-state index in [0.717, 1.165) is 9.87 Å². The number of esters is 1. The number of ketones is 1. The van der Waals surface area contributed by atoms with Crippen LogP contribution in [0.5, 0.6) is 0 Å². The number of sulfonamides is 1. The standard InChI is InChI=1S/C18H19NO5S/c1-13-7-9-16(10-8-13)19(3)25(22,23)17-6-4-5-15(11-17)18(21)24-12-14(2)20/h4-11H,12H2,1-3H3. The third-order valence-corrected chi connectivity index (χ3v) is 5.31. The van der Waals surface area contributed by atoms with Crippen molar-refractivity contribution < 1.29 is 22.7 Å². The molecule has 0 aliphatic carbocycles. The van der Waals surface area contributed by atoms with Crippen LogP contribution in [0, 0.1) is 6.92 Å². The lowest BCUT2D eigenvalue weighted by molar-refractivity contribution is -0.120. The highest BCUT2D eigenvalue weighted by Crippen LogP contribution is 2.23. The van der Waals surface area contributed by atoms with Crippen LogP contribution in [0.1, 0.15) is 22.8 Å². The second-order valence-corrected chi connectivity index (χ2v) is 7.58. The van der Waals surface area contributed by atoms with Crippen LogP contribution in [0.25, 0.3) is 0 Å². The molecule has 0 atom stereocenters. The minimum atomic E-state index is -3.83. The van der Waals surface area contributed by atoms with Gasteiger partial charge in [-0.05, 0) is 44.2 Å². The monoisotopic (exact) mass is 361 g/mol. The molecule has 0 heterocycles. The maximum absolute atomic E-state index is 12.8. The first-order valence-electron chi connectivity index (χ1n) is 7.54. The van der Waals surface area contributed by atoms with Gasteiger partial charge in [0.05, 0.1) is 16.1 Å². The van der Waals surface area contributed by atoms with Crippen molar-refractivity contribution in [3.8, 4) is 0 Å². The van der Waals surface area contributed by atoms with Crippen LogP contribution in [-0.4, -0.2) is 33.8 Å². The van der Waals surface area contributed by atoms with Gasteiger partial charge in [-0.2, -0.15) is 0 Å². The van der Waals surface area contributed by atoms with Gasteiger partial charge in [0, 0.05) is 7.05 Å². The molecule has 0 saturated carbocycles. The summed E-state index contributed by atoms with van der Waals surface area (Å²) in [5, 5.41) is 0. The maximum atomic E-state index is 12.8. The Bertz CT molecular complexity index is 888. The first kappa shape index (κ1) is 18.7. The van der Waals surface area contributed by atoms with Gasteiger partial charge in [0.1, 0.15) is 6.61 Å². The van der Waals surface area contributed by atoms with Crippen molar-refractivity contribution in [3.63, 3.8) is 0 Å². The SMILES string of the molecule is CC(=O)COC(=O)c1cccc(S(=O)(=O)N(C)c2ccc(C)cc2)c1. The van der Waals surface area contributed by atoms with Crippen LogP contribution in [-0.2, 0) is 19.6 Å². The fraction of sp³-hybridized carbons (Fsp3) is 0.222. The Balaban J connectivity index is 2.30. The molecule has 2 aromatic carbocycles. The van der Waals surface area contributed by atoms with E-state index in [0.29, 0.717) is 5.69 Å². The van der Waals surface area contributed by atoms with Crippen molar-refractivity contribution >= 4 is 27.5 Å². The molecule has 0 spiro atoms. The molecule has 25 heavy (non-hydrogen) atoms. The molecule has 0 saturated heterocycles. The number of ether oxygens (including phenoxy) is 1. The van der Waals surface area contributed by atoms with E-state index in [1.165, 1.54) is 38.2 Å². The number of anilines is 1. The van der Waals surface area contributed by atoms with Gasteiger partial charge in [0.25, 0.3) is 10.0 Å². The summed E-state index contributed by atoms with van der Waals surface area (Å²) in [6.07, 6.45) is 0. The molecule has 0 radical (unpaired) electrons. The summed E-state index contributed by atoms with van der Waals surface area (Å²) in [5.74, 6) is -1.04. The van der Waals surface area contributed by atoms with Gasteiger partial charge < -0.3 is 4.74 Å². The highest BCUT2D eigenvalue weighted by atomic mass is 32.2. The van der Waals surface area contributed by atoms with E-state index in [1.54, 1.807) is 12.1 Å². The summed E-state index contributed by atoms with van der Waals surface area (Å²) >= 11 is 0. The average Bonchev–Trinajstić information content (AvgIpc) is 2.59. The van der Waals surface area contributed by atoms with E-state index in [9.17, 15) is 18.0 Å². The van der Waals surface area contributed by atoms with Gasteiger partial charge in [-0.3, -0.25) is 9.10 Å². The Kier molecular flexibility index (Phi) is 5.58. The summed E-state index contributed by atoms with van der Waals surface area (Å²) < 4.78 is 31.5. The average molecular weight is 361 g/mol. The Labute approximate surface area is 147 Å². The predicted molar refractivity (Wildman–Crippen MR) is 94.2 cm³/mol. The smallest absolute Gasteiger partial charge is 0.338 e. The van der Waals surface area contributed by atoms with Crippen LogP contribution in [0.4, 0.5) is 5.69 Å². The van der Waals surface area contributed by atoms with Crippen LogP contribution in [0.15, 0.2) is 53.4 Å². The highest BCUT2D eigenvalue weighted by molar-refractivity contribution is 7.92. The van der Waals surface area contributed by atoms with Crippen molar-refractivity contribution in [2.45, 2.75) is 18.7 Å². The van der Waals surface area contributed by atoms with E-state index in [4.69, 9.17) is 4.74 Å². The summed E-state index contributed by atoms with van der Waals surface area (Å²) in [5.41, 5.74) is 1.60. The van der Waals surface area contributed by atoms with E-state index >= 15 is 0 Å². The van der Waals surface area contributed by atoms with Gasteiger partial charge >= 0.3 is 5.97 Å². The minimum absolute atomic E-state index is 0.0344. The number of aryl methyl sites for hydroxylation is 1. The normalized spacial score (nSPS) is 11.0. The number of rotatable bonds is 6. The third-order valence-electron chi connectivity index (χ3n) is 3.53. The lowest BCUT2D eigenvalue weighted by Gasteiger charge is -2.20. The van der Waals surface area contributed by atoms with E-state index in [-0.39, 0.29) is 22.8 Å². The van der Waals surface area contributed by atoms with Gasteiger partial charge in [-0.15, -0.1) is 0 Å². The number of Topliss-reactive ketones (excluding diaryl/α,β-unsaturated/α-hetero) is 1. The van der Waals surface area contributed by atoms with Crippen LogP contribution in [0.2, 0.25) is 0 Å². The number of carbonyl (C=O) groups excluding carboxylic acids is 2. The molecule has 132 valence electrons. The number of carbonyl (C=O) groups is 2. The van der Waals surface area contributed by atoms with Gasteiger partial charge in [0.15, 0.2) is 5.78 Å². The van der Waals surface area contributed by atoms with Crippen molar-refractivity contribution in [2.75, 3.05) is 18.0 Å². The van der Waals surface area contributed by atoms with Crippen LogP contribution >= 0.6 is 0 Å². The molecular weight excluding hydrogens is 342 g/mol. The van der Waals surface area contributed by atoms with E-state index in [1.807, 2.05) is 19.1 Å². The minimum Gasteiger partial charge on any atom is -0.454 e. The third kappa shape index (κ3) is 4.45. The van der Waals surface area contributed by atoms with E-state index < -0.39 is 16.0 Å². The molecule has 0 amide bonds. The van der Waals surface area contributed by atoms with Gasteiger partial charge in [0.2, 0.25) is 0 Å². The van der Waals surface area contributed by atoms with Gasteiger partial charge in [-0.25, -0.2) is 13.2 Å². The fourth-order valence-corrected chi connectivity index (χ4v) is 3.33. The second-order valence-electron chi connectivity index (χ2n) is 5.61. The first-order chi connectivity index (χ1) is 11.7. The Morgan fingerprint density at radius 3 is 2.32 bits per heavy atom. The molecule has 6 nitrogen and oxygen atoms in total. The number of hydrogen-bond acceptors (Lipinski definition) is 5. The molecular formula is C18H19NO5S. The van der Waals surface area contributed by atoms with E-state index in [2.05, 4.69) is 0 Å². The lowest BCUT2D eigenvalue weighted by atomic mass is 10.2. The molecule has 7 heteroatoms. The lowest BCUT2D eigenvalue weighted by Crippen LogP contribution is -2.26. The molecule has 2 aromatic rings. The second kappa shape index (κ2) is 7.48. The van der Waals surface area contributed by atoms with Crippen LogP contribution in [0.3, 0.4) is 0 Å². The van der Waals surface area contributed by atoms with Crippen molar-refractivity contribution in [2.24, 2.45) is 0 Å². The summed E-state index contributed by atoms with van der Waals surface area (Å²) in [4.78, 5) is 22.8. The molecule has 0 N–H and O–H groups in total. The quantitative estimate of drug-likeness (QED) is 0.739. The zero-order valence-electron chi connectivity index (χ0n) is 14.2. The molecule has 0 fully saturated rings. The maximum Gasteiger partial charge on any atom is 0.338 e. The molecule has 2 rings (SSSR count). The van der Waals surface area contributed by atoms with Gasteiger partial charge in [-0.1, -0.05) is 23.8 Å². The number of hydrogen-bond donors (Lipinski definition) is 0. The summed E-state index contributed by atoms with van der Waals surface area (Å²) in [6.45, 7) is 2.86. The molecule has 0 bridgehead atoms. The molecule has 0 aliphatic heterocycles. The molecule has 0 aromatic heterocycles. The van der Waals surface area contributed by atoms with Crippen molar-refractivity contribution in [1.29, 1.82) is 0 Å². The zero-order valence-corrected chi connectivity index (χ0v) is 15.0. The van der Waals surface area contributed by atoms with Crippen LogP contribution < -0.4 is 4.31 Å². The molecule has 0 unspecified atom stereocenters. The summed E-state index contributed by atoms with van der Waals surface area (Å²) in [7, 11) is -2.39. The number of nitrogens with zero attached hydrogens (tertiary/aromatic N) is 1. The molecule has 0 aliphatic rings.